The van der Waals surface area contributed by atoms with Crippen LogP contribution in [0, 0.1) is 17.8 Å². The lowest BCUT2D eigenvalue weighted by Crippen LogP contribution is -2.30. The molecule has 96 heavy (non-hydrogen) atoms. The zero-order valence-corrected chi connectivity index (χ0v) is 64.6. The molecule has 0 aromatic carbocycles. The van der Waals surface area contributed by atoms with Gasteiger partial charge < -0.3 is 33.8 Å². The van der Waals surface area contributed by atoms with Crippen molar-refractivity contribution in [3.05, 3.63) is 0 Å². The SMILES string of the molecule is CCCCCCCCCCCCCCCCC(=O)O[C@H](COC(=O)CCCCCCCCCC(C)C)COP(=O)(O)OC[C@H](O)COP(=O)(O)OC[C@@H](COC(=O)CCCCCCCCCCCCCC(C)C)OC(=O)CCCCCCCCCCCCCCCCCC(C)C. The molecule has 17 nitrogen and oxygen atoms in total. The molecule has 0 fully saturated rings. The van der Waals surface area contributed by atoms with E-state index < -0.39 is 97.5 Å². The second-order valence-corrected chi connectivity index (χ2v) is 32.1. The summed E-state index contributed by atoms with van der Waals surface area (Å²) in [7, 11) is -9.91. The molecule has 0 bridgehead atoms. The Bertz CT molecular complexity index is 1870. The van der Waals surface area contributed by atoms with Gasteiger partial charge in [0.05, 0.1) is 26.4 Å². The molecule has 0 heterocycles. The van der Waals surface area contributed by atoms with Crippen molar-refractivity contribution in [2.45, 2.75) is 414 Å². The van der Waals surface area contributed by atoms with Gasteiger partial charge in [-0.3, -0.25) is 37.3 Å². The molecule has 0 saturated heterocycles. The Labute approximate surface area is 588 Å². The summed E-state index contributed by atoms with van der Waals surface area (Å²) in [6.45, 7) is 11.9. The average Bonchev–Trinajstić information content (AvgIpc) is 1.69. The van der Waals surface area contributed by atoms with Crippen LogP contribution in [-0.2, 0) is 65.4 Å². The minimum Gasteiger partial charge on any atom is -0.462 e. The maximum Gasteiger partial charge on any atom is 0.472 e. The van der Waals surface area contributed by atoms with Crippen molar-refractivity contribution in [1.82, 2.24) is 0 Å². The molecular weight excluding hydrogens is 1260 g/mol. The number of carbonyl (C=O) groups excluding carboxylic acids is 4. The second kappa shape index (κ2) is 67.5. The van der Waals surface area contributed by atoms with Crippen LogP contribution in [-0.4, -0.2) is 96.7 Å². The first-order chi connectivity index (χ1) is 46.2. The van der Waals surface area contributed by atoms with Crippen LogP contribution < -0.4 is 0 Å². The molecule has 3 N–H and O–H groups in total. The van der Waals surface area contributed by atoms with Gasteiger partial charge in [0.25, 0.3) is 0 Å². The van der Waals surface area contributed by atoms with Crippen molar-refractivity contribution in [2.24, 2.45) is 17.8 Å². The number of phosphoric ester groups is 2. The van der Waals surface area contributed by atoms with Gasteiger partial charge in [0, 0.05) is 25.7 Å². The molecule has 2 unspecified atom stereocenters. The Kier molecular flexibility index (Phi) is 66.2. The molecule has 19 heteroatoms. The first-order valence-corrected chi connectivity index (χ1v) is 42.8. The largest absolute Gasteiger partial charge is 0.472 e. The zero-order valence-electron chi connectivity index (χ0n) is 62.8. The summed E-state index contributed by atoms with van der Waals surface area (Å²) in [5.41, 5.74) is 0. The molecule has 0 aromatic rings. The van der Waals surface area contributed by atoms with Crippen molar-refractivity contribution in [1.29, 1.82) is 0 Å². The van der Waals surface area contributed by atoms with Crippen LogP contribution in [0.5, 0.6) is 0 Å². The van der Waals surface area contributed by atoms with Gasteiger partial charge in [-0.1, -0.05) is 344 Å². The van der Waals surface area contributed by atoms with Gasteiger partial charge in [0.2, 0.25) is 0 Å². The monoisotopic (exact) mass is 1410 g/mol. The fourth-order valence-electron chi connectivity index (χ4n) is 11.8. The molecule has 0 aliphatic heterocycles. The summed E-state index contributed by atoms with van der Waals surface area (Å²) >= 11 is 0. The number of aliphatic hydroxyl groups is 1. The van der Waals surface area contributed by atoms with Gasteiger partial charge in [-0.05, 0) is 43.4 Å². The van der Waals surface area contributed by atoms with E-state index >= 15 is 0 Å². The first kappa shape index (κ1) is 94.1. The van der Waals surface area contributed by atoms with Gasteiger partial charge in [-0.15, -0.1) is 0 Å². The number of esters is 4. The Morgan fingerprint density at radius 3 is 0.708 bits per heavy atom. The highest BCUT2D eigenvalue weighted by Gasteiger charge is 2.30. The minimum atomic E-state index is -4.96. The van der Waals surface area contributed by atoms with Crippen LogP contribution in [0.25, 0.3) is 0 Å². The lowest BCUT2D eigenvalue weighted by molar-refractivity contribution is -0.161. The van der Waals surface area contributed by atoms with Crippen molar-refractivity contribution >= 4 is 39.5 Å². The Balaban J connectivity index is 5.25. The molecule has 0 amide bonds. The van der Waals surface area contributed by atoms with Gasteiger partial charge in [0.15, 0.2) is 12.2 Å². The molecule has 5 atom stereocenters. The summed E-state index contributed by atoms with van der Waals surface area (Å²) in [5.74, 6) is 0.163. The van der Waals surface area contributed by atoms with Crippen molar-refractivity contribution in [3.8, 4) is 0 Å². The van der Waals surface area contributed by atoms with E-state index in [4.69, 9.17) is 37.0 Å². The number of hydrogen-bond acceptors (Lipinski definition) is 15. The summed E-state index contributed by atoms with van der Waals surface area (Å²) < 4.78 is 68.6. The van der Waals surface area contributed by atoms with E-state index in [0.717, 1.165) is 108 Å². The third-order valence-corrected chi connectivity index (χ3v) is 19.8. The smallest absolute Gasteiger partial charge is 0.462 e. The molecular formula is C77H150O17P2. The quantitative estimate of drug-likeness (QED) is 0.0222. The molecule has 0 aliphatic carbocycles. The van der Waals surface area contributed by atoms with E-state index in [9.17, 15) is 43.2 Å². The third kappa shape index (κ3) is 70.5. The summed E-state index contributed by atoms with van der Waals surface area (Å²) in [4.78, 5) is 72.9. The Morgan fingerprint density at radius 2 is 0.479 bits per heavy atom. The van der Waals surface area contributed by atoms with Crippen molar-refractivity contribution in [2.75, 3.05) is 39.6 Å². The molecule has 0 aliphatic rings. The highest BCUT2D eigenvalue weighted by molar-refractivity contribution is 7.47. The van der Waals surface area contributed by atoms with Gasteiger partial charge in [0.1, 0.15) is 19.3 Å². The van der Waals surface area contributed by atoms with Gasteiger partial charge in [-0.2, -0.15) is 0 Å². The number of hydrogen-bond donors (Lipinski definition) is 3. The number of unbranched alkanes of at least 4 members (excludes halogenated alkanes) is 43. The maximum absolute atomic E-state index is 13.1. The Hall–Kier alpha value is -1.94. The molecule has 0 saturated carbocycles. The topological polar surface area (TPSA) is 237 Å². The number of rotatable bonds is 75. The third-order valence-electron chi connectivity index (χ3n) is 17.9. The van der Waals surface area contributed by atoms with Gasteiger partial charge >= 0.3 is 39.5 Å². The van der Waals surface area contributed by atoms with E-state index in [2.05, 4.69) is 48.5 Å². The van der Waals surface area contributed by atoms with Crippen LogP contribution in [0.3, 0.4) is 0 Å². The lowest BCUT2D eigenvalue weighted by Gasteiger charge is -2.21. The van der Waals surface area contributed by atoms with Crippen LogP contribution in [0.2, 0.25) is 0 Å². The fourth-order valence-corrected chi connectivity index (χ4v) is 13.4. The fraction of sp³-hybridized carbons (Fsp3) is 0.948. The second-order valence-electron chi connectivity index (χ2n) is 29.2. The highest BCUT2D eigenvalue weighted by atomic mass is 31.2. The number of phosphoric acid groups is 2. The van der Waals surface area contributed by atoms with E-state index in [-0.39, 0.29) is 25.7 Å². The van der Waals surface area contributed by atoms with Crippen molar-refractivity contribution in [3.63, 3.8) is 0 Å². The first-order valence-electron chi connectivity index (χ1n) is 39.8. The number of ether oxygens (including phenoxy) is 4. The molecule has 570 valence electrons. The predicted molar refractivity (Wildman–Crippen MR) is 391 cm³/mol. The maximum atomic E-state index is 13.1. The van der Waals surface area contributed by atoms with E-state index in [0.29, 0.717) is 31.6 Å². The highest BCUT2D eigenvalue weighted by Crippen LogP contribution is 2.45. The van der Waals surface area contributed by atoms with E-state index in [1.54, 1.807) is 0 Å². The van der Waals surface area contributed by atoms with Crippen LogP contribution in [0.15, 0.2) is 0 Å². The van der Waals surface area contributed by atoms with Gasteiger partial charge in [-0.25, -0.2) is 9.13 Å². The molecule has 0 spiro atoms. The van der Waals surface area contributed by atoms with Crippen LogP contribution >= 0.6 is 15.6 Å². The van der Waals surface area contributed by atoms with E-state index in [1.807, 2.05) is 0 Å². The van der Waals surface area contributed by atoms with Crippen molar-refractivity contribution < 1.29 is 80.2 Å². The average molecular weight is 1410 g/mol. The molecule has 0 radical (unpaired) electrons. The number of aliphatic hydroxyl groups excluding tert-OH is 1. The molecule has 0 rings (SSSR count). The Morgan fingerprint density at radius 1 is 0.281 bits per heavy atom. The number of carbonyl (C=O) groups is 4. The summed E-state index contributed by atoms with van der Waals surface area (Å²) in [6.07, 6.45) is 54.1. The van der Waals surface area contributed by atoms with Crippen LogP contribution in [0.1, 0.15) is 395 Å². The predicted octanol–water partition coefficient (Wildman–Crippen LogP) is 22.6. The minimum absolute atomic E-state index is 0.107. The normalized spacial score (nSPS) is 14.1. The summed E-state index contributed by atoms with van der Waals surface area (Å²) in [5, 5.41) is 10.6. The summed E-state index contributed by atoms with van der Waals surface area (Å²) in [6, 6.07) is 0. The standard InChI is InChI=1S/C77H150O17P2/c1-8-9-10-11-12-13-14-15-20-25-31-38-46-53-60-77(82)94-73(65-88-75(80)59-52-45-40-33-36-43-50-57-70(6)7)67-92-96(85,86)90-63-71(78)62-89-95(83,84)91-66-72(64-87-74(79)58-51-44-37-30-27-22-24-29-35-42-49-56-69(4)5)93-76(81)61-54-47-39-32-26-21-18-16-17-19-23-28-34-41-48-55-68(2)3/h68-73,78H,8-67H2,1-7H3,(H,83,84)(H,85,86)/t71-,72-,73-/m1/s1. The lowest BCUT2D eigenvalue weighted by atomic mass is 10.0. The molecule has 0 aromatic heterocycles. The van der Waals surface area contributed by atoms with E-state index in [1.165, 1.54) is 199 Å². The zero-order chi connectivity index (χ0) is 70.9. The van der Waals surface area contributed by atoms with Crippen LogP contribution in [0.4, 0.5) is 0 Å².